The summed E-state index contributed by atoms with van der Waals surface area (Å²) in [5, 5.41) is 14.6. The molecule has 0 saturated carbocycles. The number of benzene rings is 2. The summed E-state index contributed by atoms with van der Waals surface area (Å²) in [5.41, 5.74) is 6.35. The van der Waals surface area contributed by atoms with Gasteiger partial charge in [-0.1, -0.05) is 56.3 Å². The van der Waals surface area contributed by atoms with E-state index in [1.807, 2.05) is 56.3 Å². The van der Waals surface area contributed by atoms with E-state index in [0.717, 1.165) is 16.3 Å². The van der Waals surface area contributed by atoms with Crippen LogP contribution in [0.1, 0.15) is 32.3 Å². The first-order valence-electron chi connectivity index (χ1n) is 12.1. The van der Waals surface area contributed by atoms with Gasteiger partial charge in [0.15, 0.2) is 0 Å². The van der Waals surface area contributed by atoms with Crippen molar-refractivity contribution >= 4 is 29.2 Å². The minimum Gasteiger partial charge on any atom is -0.449 e. The molecule has 3 rings (SSSR count). The average molecular weight is 485 g/mol. The smallest absolute Gasteiger partial charge is 0.411 e. The molecule has 3 atom stereocenters. The Kier molecular flexibility index (Phi) is 9.45. The molecule has 4 N–H and O–H groups in total. The normalized spacial score (nSPS) is 17.3. The van der Waals surface area contributed by atoms with Crippen molar-refractivity contribution in [3.63, 3.8) is 0 Å². The number of nitrogens with two attached hydrogens (primary N) is 1. The maximum Gasteiger partial charge on any atom is 0.411 e. The van der Waals surface area contributed by atoms with E-state index in [9.17, 15) is 19.5 Å². The van der Waals surface area contributed by atoms with E-state index >= 15 is 0 Å². The molecule has 2 aromatic rings. The standard InChI is InChI=1S/C26H36N4O5/c1-18(2)16-35-26(34)29-11-5-8-24(29)30(17-31)23(25(33)28-15-22(32)14-27)13-19-9-10-20-6-3-4-7-21(20)12-19/h3-4,6-7,9-10,12,17-18,22-24,32H,5,8,11,13-16,27H2,1-2H3,(H,28,33)/t22?,23-,24?/m1/s1. The van der Waals surface area contributed by atoms with Crippen molar-refractivity contribution in [2.75, 3.05) is 26.2 Å². The Bertz CT molecular complexity index is 1010. The zero-order valence-electron chi connectivity index (χ0n) is 20.4. The Labute approximate surface area is 206 Å². The minimum absolute atomic E-state index is 0.00507. The van der Waals surface area contributed by atoms with E-state index in [0.29, 0.717) is 25.8 Å². The number of hydrogen-bond acceptors (Lipinski definition) is 6. The van der Waals surface area contributed by atoms with Crippen LogP contribution in [-0.2, 0) is 20.7 Å². The van der Waals surface area contributed by atoms with Gasteiger partial charge in [-0.2, -0.15) is 0 Å². The van der Waals surface area contributed by atoms with Gasteiger partial charge in [-0.15, -0.1) is 0 Å². The lowest BCUT2D eigenvalue weighted by atomic mass is 9.99. The lowest BCUT2D eigenvalue weighted by molar-refractivity contribution is -0.137. The van der Waals surface area contributed by atoms with Crippen molar-refractivity contribution in [3.8, 4) is 0 Å². The van der Waals surface area contributed by atoms with Crippen LogP contribution >= 0.6 is 0 Å². The Morgan fingerprint density at radius 1 is 1.26 bits per heavy atom. The van der Waals surface area contributed by atoms with Gasteiger partial charge in [0.25, 0.3) is 0 Å². The predicted molar refractivity (Wildman–Crippen MR) is 133 cm³/mol. The predicted octanol–water partition coefficient (Wildman–Crippen LogP) is 1.86. The lowest BCUT2D eigenvalue weighted by Gasteiger charge is -2.37. The molecule has 0 spiro atoms. The minimum atomic E-state index is -0.890. The van der Waals surface area contributed by atoms with Crippen LogP contribution in [0.3, 0.4) is 0 Å². The van der Waals surface area contributed by atoms with Crippen LogP contribution in [0, 0.1) is 5.92 Å². The van der Waals surface area contributed by atoms with Crippen LogP contribution in [0.15, 0.2) is 42.5 Å². The Balaban J connectivity index is 1.86. The van der Waals surface area contributed by atoms with Crippen molar-refractivity contribution in [2.24, 2.45) is 11.7 Å². The molecule has 3 amide bonds. The highest BCUT2D eigenvalue weighted by atomic mass is 16.6. The van der Waals surface area contributed by atoms with Gasteiger partial charge in [-0.05, 0) is 35.1 Å². The molecule has 2 unspecified atom stereocenters. The number of aliphatic hydroxyl groups excluding tert-OH is 1. The molecule has 9 nitrogen and oxygen atoms in total. The molecule has 35 heavy (non-hydrogen) atoms. The summed E-state index contributed by atoms with van der Waals surface area (Å²) in [4.78, 5) is 41.3. The summed E-state index contributed by atoms with van der Waals surface area (Å²) in [5.74, 6) is -0.234. The molecular weight excluding hydrogens is 448 g/mol. The van der Waals surface area contributed by atoms with Crippen LogP contribution < -0.4 is 11.1 Å². The van der Waals surface area contributed by atoms with Gasteiger partial charge in [0.2, 0.25) is 12.3 Å². The van der Waals surface area contributed by atoms with Gasteiger partial charge in [0, 0.05) is 26.1 Å². The lowest BCUT2D eigenvalue weighted by Crippen LogP contribution is -2.57. The molecule has 1 fully saturated rings. The van der Waals surface area contributed by atoms with E-state index in [1.165, 1.54) is 9.80 Å². The second-order valence-electron chi connectivity index (χ2n) is 9.38. The zero-order chi connectivity index (χ0) is 25.4. The number of carbonyl (C=O) groups excluding carboxylic acids is 3. The first-order chi connectivity index (χ1) is 16.8. The molecule has 0 aliphatic carbocycles. The molecule has 1 saturated heterocycles. The van der Waals surface area contributed by atoms with Gasteiger partial charge in [-0.25, -0.2) is 4.79 Å². The number of rotatable bonds is 11. The fourth-order valence-electron chi connectivity index (χ4n) is 4.29. The van der Waals surface area contributed by atoms with Crippen molar-refractivity contribution in [2.45, 2.75) is 51.4 Å². The van der Waals surface area contributed by atoms with Crippen LogP contribution in [0.25, 0.3) is 10.8 Å². The molecule has 1 heterocycles. The maximum atomic E-state index is 13.3. The van der Waals surface area contributed by atoms with Crippen molar-refractivity contribution in [1.82, 2.24) is 15.1 Å². The Morgan fingerprint density at radius 2 is 2.00 bits per heavy atom. The van der Waals surface area contributed by atoms with Crippen molar-refractivity contribution in [3.05, 3.63) is 48.0 Å². The second kappa shape index (κ2) is 12.5. The topological polar surface area (TPSA) is 125 Å². The number of carbonyl (C=O) groups is 3. The number of likely N-dealkylation sites (tertiary alicyclic amines) is 1. The zero-order valence-corrected chi connectivity index (χ0v) is 20.4. The second-order valence-corrected chi connectivity index (χ2v) is 9.38. The highest BCUT2D eigenvalue weighted by Crippen LogP contribution is 2.25. The maximum absolute atomic E-state index is 13.3. The fourth-order valence-corrected chi connectivity index (χ4v) is 4.29. The number of hydrogen-bond donors (Lipinski definition) is 3. The fraction of sp³-hybridized carbons (Fsp3) is 0.500. The molecule has 9 heteroatoms. The molecule has 1 aliphatic heterocycles. The van der Waals surface area contributed by atoms with Gasteiger partial charge in [-0.3, -0.25) is 14.5 Å². The number of fused-ring (bicyclic) bond motifs is 1. The van der Waals surface area contributed by atoms with E-state index in [1.54, 1.807) is 0 Å². The summed E-state index contributed by atoms with van der Waals surface area (Å²) in [6.07, 6.45) is 0.144. The average Bonchev–Trinajstić information content (AvgIpc) is 3.35. The van der Waals surface area contributed by atoms with Crippen molar-refractivity contribution < 1.29 is 24.2 Å². The molecular formula is C26H36N4O5. The van der Waals surface area contributed by atoms with Crippen LogP contribution in [-0.4, -0.2) is 77.9 Å². The molecule has 0 radical (unpaired) electrons. The van der Waals surface area contributed by atoms with E-state index in [4.69, 9.17) is 10.5 Å². The molecule has 0 bridgehead atoms. The number of nitrogens with one attached hydrogen (secondary N) is 1. The third kappa shape index (κ3) is 6.93. The largest absolute Gasteiger partial charge is 0.449 e. The number of ether oxygens (including phenoxy) is 1. The monoisotopic (exact) mass is 484 g/mol. The Hall–Kier alpha value is -3.17. The summed E-state index contributed by atoms with van der Waals surface area (Å²) < 4.78 is 5.41. The SMILES string of the molecule is CC(C)COC(=O)N1CCCC1N(C=O)[C@H](Cc1ccc2ccccc2c1)C(=O)NCC(O)CN. The molecule has 190 valence electrons. The van der Waals surface area contributed by atoms with Gasteiger partial charge in [0.1, 0.15) is 12.2 Å². The first kappa shape index (κ1) is 26.4. The third-order valence-electron chi connectivity index (χ3n) is 6.15. The van der Waals surface area contributed by atoms with E-state index < -0.39 is 30.3 Å². The number of amides is 3. The summed E-state index contributed by atoms with van der Waals surface area (Å²) in [7, 11) is 0. The quantitative estimate of drug-likeness (QED) is 0.418. The highest BCUT2D eigenvalue weighted by molar-refractivity contribution is 5.86. The highest BCUT2D eigenvalue weighted by Gasteiger charge is 2.39. The van der Waals surface area contributed by atoms with Crippen LogP contribution in [0.4, 0.5) is 4.79 Å². The molecule has 0 aromatic heterocycles. The summed E-state index contributed by atoms with van der Waals surface area (Å²) >= 11 is 0. The van der Waals surface area contributed by atoms with E-state index in [-0.39, 0.29) is 32.0 Å². The summed E-state index contributed by atoms with van der Waals surface area (Å²) in [6, 6.07) is 12.9. The van der Waals surface area contributed by atoms with Gasteiger partial charge >= 0.3 is 6.09 Å². The van der Waals surface area contributed by atoms with Crippen LogP contribution in [0.5, 0.6) is 0 Å². The molecule has 2 aromatic carbocycles. The first-order valence-corrected chi connectivity index (χ1v) is 12.1. The van der Waals surface area contributed by atoms with Crippen LogP contribution in [0.2, 0.25) is 0 Å². The number of aliphatic hydroxyl groups is 1. The van der Waals surface area contributed by atoms with E-state index in [2.05, 4.69) is 5.32 Å². The van der Waals surface area contributed by atoms with Crippen molar-refractivity contribution in [1.29, 1.82) is 0 Å². The molecule has 1 aliphatic rings. The van der Waals surface area contributed by atoms with Gasteiger partial charge in [0.05, 0.1) is 12.7 Å². The van der Waals surface area contributed by atoms with Gasteiger partial charge < -0.3 is 25.8 Å². The Morgan fingerprint density at radius 3 is 2.69 bits per heavy atom. The summed E-state index contributed by atoms with van der Waals surface area (Å²) in [6.45, 7) is 4.60. The number of nitrogens with zero attached hydrogens (tertiary/aromatic N) is 2. The third-order valence-corrected chi connectivity index (χ3v) is 6.15.